The molecule has 2 heterocycles. The minimum Gasteiger partial charge on any atom is -0.466 e. The molecule has 0 saturated heterocycles. The van der Waals surface area contributed by atoms with E-state index in [-0.39, 0.29) is 30.6 Å². The van der Waals surface area contributed by atoms with Crippen molar-refractivity contribution in [2.24, 2.45) is 0 Å². The van der Waals surface area contributed by atoms with Crippen molar-refractivity contribution in [1.29, 1.82) is 0 Å². The van der Waals surface area contributed by atoms with Crippen molar-refractivity contribution < 1.29 is 28.7 Å². The molecule has 42 heavy (non-hydrogen) atoms. The van der Waals surface area contributed by atoms with Crippen molar-refractivity contribution in [3.8, 4) is 0 Å². The summed E-state index contributed by atoms with van der Waals surface area (Å²) in [6.45, 7) is 8.31. The maximum atomic E-state index is 13.8. The molecule has 0 spiro atoms. The highest BCUT2D eigenvalue weighted by atomic mass is 32.1. The lowest BCUT2D eigenvalue weighted by Crippen LogP contribution is -2.51. The lowest BCUT2D eigenvalue weighted by Gasteiger charge is -2.31. The maximum absolute atomic E-state index is 13.8. The largest absolute Gasteiger partial charge is 0.466 e. The first kappa shape index (κ1) is 30.8. The highest BCUT2D eigenvalue weighted by molar-refractivity contribution is 7.12. The molecule has 0 bridgehead atoms. The first-order valence-corrected chi connectivity index (χ1v) is 14.8. The Hall–Kier alpha value is -4.18. The van der Waals surface area contributed by atoms with E-state index in [2.05, 4.69) is 10.6 Å². The maximum Gasteiger partial charge on any atom is 0.408 e. The molecule has 1 unspecified atom stereocenters. The van der Waals surface area contributed by atoms with Crippen LogP contribution in [0, 0.1) is 0 Å². The summed E-state index contributed by atoms with van der Waals surface area (Å²) in [5, 5.41) is 5.65. The molecule has 1 atom stereocenters. The fraction of sp³-hybridized carbons (Fsp3) is 0.375. The van der Waals surface area contributed by atoms with E-state index in [0.717, 1.165) is 20.9 Å². The Kier molecular flexibility index (Phi) is 10.0. The molecule has 1 aliphatic rings. The third-order valence-electron chi connectivity index (χ3n) is 6.53. The number of thiophene rings is 1. The van der Waals surface area contributed by atoms with Gasteiger partial charge in [0.05, 0.1) is 13.0 Å². The summed E-state index contributed by atoms with van der Waals surface area (Å²) in [7, 11) is 0. The molecule has 4 rings (SSSR count). The number of hydrogen-bond donors (Lipinski definition) is 2. The number of hydrogen-bond acceptors (Lipinski definition) is 7. The molecule has 0 aliphatic carbocycles. The predicted molar refractivity (Wildman–Crippen MR) is 161 cm³/mol. The minimum atomic E-state index is -0.858. The van der Waals surface area contributed by atoms with Gasteiger partial charge in [-0.2, -0.15) is 0 Å². The van der Waals surface area contributed by atoms with Crippen molar-refractivity contribution in [2.75, 3.05) is 18.5 Å². The van der Waals surface area contributed by atoms with E-state index in [1.54, 1.807) is 80.3 Å². The highest BCUT2D eigenvalue weighted by Gasteiger charge is 2.31. The average Bonchev–Trinajstić information content (AvgIpc) is 3.34. The molecule has 10 heteroatoms. The molecule has 3 amide bonds. The molecule has 1 aliphatic heterocycles. The lowest BCUT2D eigenvalue weighted by atomic mass is 10.0. The van der Waals surface area contributed by atoms with Crippen LogP contribution >= 0.6 is 11.3 Å². The van der Waals surface area contributed by atoms with E-state index in [1.807, 2.05) is 24.3 Å². The third kappa shape index (κ3) is 8.66. The standard InChI is InChI=1S/C32H37N3O6S/c1-5-40-28(36)19-25-18-23-20-35(16-15-27(23)42-25)30(38)26(34-31(39)41-32(2,3)4)17-21-11-13-24(14-12-21)33-29(37)22-9-7-6-8-10-22/h6-14,18,26H,5,15-17,19-20H2,1-4H3,(H,33,37)(H,34,39). The van der Waals surface area contributed by atoms with Gasteiger partial charge in [0, 0.05) is 40.5 Å². The average molecular weight is 592 g/mol. The SMILES string of the molecule is CCOC(=O)Cc1cc2c(s1)CCN(C(=O)C(Cc1ccc(NC(=O)c3ccccc3)cc1)NC(=O)OC(C)(C)C)C2. The van der Waals surface area contributed by atoms with Crippen LogP contribution in [0.25, 0.3) is 0 Å². The zero-order valence-corrected chi connectivity index (χ0v) is 25.2. The molecule has 3 aromatic rings. The molecule has 222 valence electrons. The lowest BCUT2D eigenvalue weighted by molar-refractivity contribution is -0.142. The van der Waals surface area contributed by atoms with Crippen molar-refractivity contribution >= 4 is 40.9 Å². The van der Waals surface area contributed by atoms with Crippen molar-refractivity contribution in [1.82, 2.24) is 10.2 Å². The Labute approximate surface area is 250 Å². The monoisotopic (exact) mass is 591 g/mol. The van der Waals surface area contributed by atoms with Crippen molar-refractivity contribution in [2.45, 2.75) is 65.1 Å². The first-order valence-electron chi connectivity index (χ1n) is 14.0. The van der Waals surface area contributed by atoms with Gasteiger partial charge in [-0.3, -0.25) is 14.4 Å². The van der Waals surface area contributed by atoms with Crippen LogP contribution in [-0.2, 0) is 44.9 Å². The molecular weight excluding hydrogens is 554 g/mol. The number of nitrogens with one attached hydrogen (secondary N) is 2. The number of carbonyl (C=O) groups is 4. The van der Waals surface area contributed by atoms with Gasteiger partial charge >= 0.3 is 12.1 Å². The van der Waals surface area contributed by atoms with Crippen LogP contribution in [-0.4, -0.2) is 53.6 Å². The molecule has 2 aromatic carbocycles. The Morgan fingerprint density at radius 3 is 2.40 bits per heavy atom. The Morgan fingerprint density at radius 1 is 1.02 bits per heavy atom. The summed E-state index contributed by atoms with van der Waals surface area (Å²) in [4.78, 5) is 54.8. The van der Waals surface area contributed by atoms with Gasteiger partial charge < -0.3 is 25.0 Å². The Balaban J connectivity index is 1.46. The van der Waals surface area contributed by atoms with Crippen molar-refractivity contribution in [3.63, 3.8) is 0 Å². The number of ether oxygens (including phenoxy) is 2. The van der Waals surface area contributed by atoms with Crippen molar-refractivity contribution in [3.05, 3.63) is 87.1 Å². The van der Waals surface area contributed by atoms with Gasteiger partial charge in [-0.25, -0.2) is 4.79 Å². The van der Waals surface area contributed by atoms with Gasteiger partial charge in [-0.1, -0.05) is 30.3 Å². The third-order valence-corrected chi connectivity index (χ3v) is 7.77. The number of amides is 3. The van der Waals surface area contributed by atoms with Crippen LogP contribution in [0.4, 0.5) is 10.5 Å². The van der Waals surface area contributed by atoms with Crippen LogP contribution in [0.3, 0.4) is 0 Å². The van der Waals surface area contributed by atoms with E-state index in [1.165, 1.54) is 0 Å². The van der Waals surface area contributed by atoms with Gasteiger partial charge in [0.1, 0.15) is 11.6 Å². The number of alkyl carbamates (subject to hydrolysis) is 1. The van der Waals surface area contributed by atoms with Gasteiger partial charge in [0.2, 0.25) is 5.91 Å². The van der Waals surface area contributed by atoms with E-state index in [9.17, 15) is 19.2 Å². The van der Waals surface area contributed by atoms with Crippen LogP contribution in [0.15, 0.2) is 60.7 Å². The second-order valence-corrected chi connectivity index (χ2v) is 12.3. The summed E-state index contributed by atoms with van der Waals surface area (Å²) in [6.07, 6.45) is 0.456. The smallest absolute Gasteiger partial charge is 0.408 e. The molecule has 9 nitrogen and oxygen atoms in total. The predicted octanol–water partition coefficient (Wildman–Crippen LogP) is 5.13. The second kappa shape index (κ2) is 13.7. The molecule has 1 aromatic heterocycles. The van der Waals surface area contributed by atoms with Gasteiger partial charge in [0.15, 0.2) is 0 Å². The normalized spacial score (nSPS) is 13.5. The van der Waals surface area contributed by atoms with E-state index in [0.29, 0.717) is 37.4 Å². The van der Waals surface area contributed by atoms with Crippen LogP contribution in [0.2, 0.25) is 0 Å². The molecular formula is C32H37N3O6S. The van der Waals surface area contributed by atoms with Gasteiger partial charge in [-0.15, -0.1) is 11.3 Å². The van der Waals surface area contributed by atoms with E-state index < -0.39 is 17.7 Å². The van der Waals surface area contributed by atoms with Crippen LogP contribution < -0.4 is 10.6 Å². The van der Waals surface area contributed by atoms with Crippen LogP contribution in [0.5, 0.6) is 0 Å². The fourth-order valence-electron chi connectivity index (χ4n) is 4.65. The number of anilines is 1. The molecule has 0 fully saturated rings. The number of benzene rings is 2. The number of rotatable bonds is 9. The zero-order chi connectivity index (χ0) is 30.3. The summed E-state index contributed by atoms with van der Waals surface area (Å²) in [5.41, 5.74) is 2.27. The summed E-state index contributed by atoms with van der Waals surface area (Å²) < 4.78 is 10.5. The first-order chi connectivity index (χ1) is 20.0. The topological polar surface area (TPSA) is 114 Å². The minimum absolute atomic E-state index is 0.212. The zero-order valence-electron chi connectivity index (χ0n) is 24.4. The second-order valence-electron chi connectivity index (χ2n) is 11.1. The molecule has 0 radical (unpaired) electrons. The van der Waals surface area contributed by atoms with E-state index >= 15 is 0 Å². The quantitative estimate of drug-likeness (QED) is 0.334. The van der Waals surface area contributed by atoms with Gasteiger partial charge in [-0.05, 0) is 75.6 Å². The number of nitrogens with zero attached hydrogens (tertiary/aromatic N) is 1. The van der Waals surface area contributed by atoms with Crippen LogP contribution in [0.1, 0.15) is 58.9 Å². The summed E-state index contributed by atoms with van der Waals surface area (Å²) in [6, 6.07) is 17.2. The number of fused-ring (bicyclic) bond motifs is 1. The number of carbonyl (C=O) groups excluding carboxylic acids is 4. The number of esters is 1. The fourth-order valence-corrected chi connectivity index (χ4v) is 5.80. The highest BCUT2D eigenvalue weighted by Crippen LogP contribution is 2.29. The Bertz CT molecular complexity index is 1410. The Morgan fingerprint density at radius 2 is 1.74 bits per heavy atom. The molecule has 0 saturated carbocycles. The summed E-state index contributed by atoms with van der Waals surface area (Å²) in [5.74, 6) is -0.700. The molecule has 2 N–H and O–H groups in total. The van der Waals surface area contributed by atoms with E-state index in [4.69, 9.17) is 9.47 Å². The van der Waals surface area contributed by atoms with Gasteiger partial charge in [0.25, 0.3) is 5.91 Å². The summed E-state index contributed by atoms with van der Waals surface area (Å²) >= 11 is 1.58.